The molecule has 0 saturated heterocycles. The third-order valence-corrected chi connectivity index (χ3v) is 3.23. The number of amides is 1. The highest BCUT2D eigenvalue weighted by Crippen LogP contribution is 2.24. The summed E-state index contributed by atoms with van der Waals surface area (Å²) in [6, 6.07) is 3.97. The van der Waals surface area contributed by atoms with E-state index < -0.39 is 0 Å². The van der Waals surface area contributed by atoms with E-state index in [1.165, 1.54) is 5.56 Å². The van der Waals surface area contributed by atoms with Crippen molar-refractivity contribution in [3.05, 3.63) is 28.8 Å². The van der Waals surface area contributed by atoms with Crippen LogP contribution in [0.25, 0.3) is 0 Å². The molecule has 0 heterocycles. The molecule has 0 bridgehead atoms. The van der Waals surface area contributed by atoms with Gasteiger partial charge in [0.15, 0.2) is 0 Å². The lowest BCUT2D eigenvalue weighted by molar-refractivity contribution is -0.129. The molecule has 1 rings (SSSR count). The Morgan fingerprint density at radius 2 is 2.00 bits per heavy atom. The lowest BCUT2D eigenvalue weighted by Crippen LogP contribution is -2.33. The summed E-state index contributed by atoms with van der Waals surface area (Å²) >= 11 is 0. The first-order chi connectivity index (χ1) is 8.51. The summed E-state index contributed by atoms with van der Waals surface area (Å²) in [5.74, 6) is 0.978. The number of rotatable bonds is 5. The Morgan fingerprint density at radius 3 is 2.56 bits per heavy atom. The number of carbonyl (C=O) groups is 1. The Labute approximate surface area is 109 Å². The van der Waals surface area contributed by atoms with Gasteiger partial charge in [0.1, 0.15) is 5.75 Å². The van der Waals surface area contributed by atoms with Crippen LogP contribution in [-0.4, -0.2) is 38.6 Å². The molecule has 1 aromatic carbocycles. The van der Waals surface area contributed by atoms with Crippen molar-refractivity contribution in [3.63, 3.8) is 0 Å². The molecule has 0 aliphatic carbocycles. The number of nitrogens with one attached hydrogen (secondary N) is 1. The number of methoxy groups -OCH3 is 1. The van der Waals surface area contributed by atoms with Gasteiger partial charge in [0, 0.05) is 13.6 Å². The normalized spacial score (nSPS) is 10.3. The molecule has 1 aromatic rings. The standard InChI is InChI=1S/C14H22N2O2/c1-10-11(2)13(18-5)7-6-12(10)9-16(4)14(17)8-15-3/h6-7,15H,8-9H2,1-5H3. The van der Waals surface area contributed by atoms with Crippen LogP contribution in [0.5, 0.6) is 5.75 Å². The number of nitrogens with zero attached hydrogens (tertiary/aromatic N) is 1. The van der Waals surface area contributed by atoms with Crippen molar-refractivity contribution in [2.75, 3.05) is 27.7 Å². The molecule has 4 nitrogen and oxygen atoms in total. The van der Waals surface area contributed by atoms with Crippen LogP contribution in [0.1, 0.15) is 16.7 Å². The predicted molar refractivity (Wildman–Crippen MR) is 72.9 cm³/mol. The van der Waals surface area contributed by atoms with Crippen molar-refractivity contribution < 1.29 is 9.53 Å². The van der Waals surface area contributed by atoms with Gasteiger partial charge < -0.3 is 15.0 Å². The minimum Gasteiger partial charge on any atom is -0.496 e. The Bertz CT molecular complexity index is 430. The third kappa shape index (κ3) is 3.23. The molecule has 100 valence electrons. The second-order valence-corrected chi connectivity index (χ2v) is 4.46. The molecule has 0 saturated carbocycles. The Hall–Kier alpha value is -1.55. The van der Waals surface area contributed by atoms with E-state index in [0.29, 0.717) is 13.1 Å². The van der Waals surface area contributed by atoms with Crippen molar-refractivity contribution >= 4 is 5.91 Å². The van der Waals surface area contributed by atoms with Crippen LogP contribution < -0.4 is 10.1 Å². The van der Waals surface area contributed by atoms with Crippen molar-refractivity contribution in [1.82, 2.24) is 10.2 Å². The first-order valence-corrected chi connectivity index (χ1v) is 6.02. The van der Waals surface area contributed by atoms with Gasteiger partial charge in [0.2, 0.25) is 5.91 Å². The number of ether oxygens (including phenoxy) is 1. The molecule has 4 heteroatoms. The highest BCUT2D eigenvalue weighted by molar-refractivity contribution is 5.78. The number of hydrogen-bond donors (Lipinski definition) is 1. The van der Waals surface area contributed by atoms with E-state index in [4.69, 9.17) is 4.74 Å². The van der Waals surface area contributed by atoms with Crippen LogP contribution >= 0.6 is 0 Å². The lowest BCUT2D eigenvalue weighted by atomic mass is 10.0. The van der Waals surface area contributed by atoms with Crippen molar-refractivity contribution in [2.24, 2.45) is 0 Å². The number of benzene rings is 1. The van der Waals surface area contributed by atoms with Gasteiger partial charge in [-0.25, -0.2) is 0 Å². The third-order valence-electron chi connectivity index (χ3n) is 3.23. The smallest absolute Gasteiger partial charge is 0.236 e. The summed E-state index contributed by atoms with van der Waals surface area (Å²) in [7, 11) is 5.26. The lowest BCUT2D eigenvalue weighted by Gasteiger charge is -2.20. The zero-order valence-electron chi connectivity index (χ0n) is 11.8. The van der Waals surface area contributed by atoms with Gasteiger partial charge in [-0.1, -0.05) is 6.07 Å². The summed E-state index contributed by atoms with van der Waals surface area (Å²) in [4.78, 5) is 13.4. The molecule has 0 spiro atoms. The molecule has 18 heavy (non-hydrogen) atoms. The number of carbonyl (C=O) groups excluding carboxylic acids is 1. The Morgan fingerprint density at radius 1 is 1.33 bits per heavy atom. The molecule has 0 atom stereocenters. The maximum absolute atomic E-state index is 11.7. The largest absolute Gasteiger partial charge is 0.496 e. The summed E-state index contributed by atoms with van der Waals surface area (Å²) < 4.78 is 5.28. The van der Waals surface area contributed by atoms with Gasteiger partial charge in [0.05, 0.1) is 13.7 Å². The predicted octanol–water partition coefficient (Wildman–Crippen LogP) is 1.49. The van der Waals surface area contributed by atoms with Crippen LogP contribution in [0.15, 0.2) is 12.1 Å². The fourth-order valence-electron chi connectivity index (χ4n) is 1.87. The van der Waals surface area contributed by atoms with E-state index in [-0.39, 0.29) is 5.91 Å². The monoisotopic (exact) mass is 250 g/mol. The van der Waals surface area contributed by atoms with E-state index >= 15 is 0 Å². The van der Waals surface area contributed by atoms with Crippen LogP contribution in [0, 0.1) is 13.8 Å². The van der Waals surface area contributed by atoms with Gasteiger partial charge in [-0.15, -0.1) is 0 Å². The molecule has 0 unspecified atom stereocenters. The Balaban J connectivity index is 2.85. The van der Waals surface area contributed by atoms with Crippen molar-refractivity contribution in [1.29, 1.82) is 0 Å². The molecular weight excluding hydrogens is 228 g/mol. The zero-order chi connectivity index (χ0) is 13.7. The first kappa shape index (κ1) is 14.5. The fraction of sp³-hybridized carbons (Fsp3) is 0.500. The number of likely N-dealkylation sites (N-methyl/N-ethyl adjacent to an activating group) is 2. The zero-order valence-corrected chi connectivity index (χ0v) is 11.8. The molecule has 0 aliphatic heterocycles. The van der Waals surface area contributed by atoms with Crippen molar-refractivity contribution in [3.8, 4) is 5.75 Å². The van der Waals surface area contributed by atoms with Gasteiger partial charge in [-0.3, -0.25) is 4.79 Å². The van der Waals surface area contributed by atoms with Crippen LogP contribution in [-0.2, 0) is 11.3 Å². The summed E-state index contributed by atoms with van der Waals surface area (Å²) in [6.45, 7) is 5.08. The van der Waals surface area contributed by atoms with Gasteiger partial charge in [0.25, 0.3) is 0 Å². The fourth-order valence-corrected chi connectivity index (χ4v) is 1.87. The average Bonchev–Trinajstić information content (AvgIpc) is 2.35. The molecule has 1 amide bonds. The summed E-state index contributed by atoms with van der Waals surface area (Å²) in [5.41, 5.74) is 3.46. The van der Waals surface area contributed by atoms with Gasteiger partial charge >= 0.3 is 0 Å². The molecule has 0 aromatic heterocycles. The van der Waals surface area contributed by atoms with E-state index in [1.54, 1.807) is 19.1 Å². The van der Waals surface area contributed by atoms with Crippen LogP contribution in [0.3, 0.4) is 0 Å². The SMILES string of the molecule is CNCC(=O)N(C)Cc1ccc(OC)c(C)c1C. The minimum atomic E-state index is 0.0883. The number of hydrogen-bond acceptors (Lipinski definition) is 3. The van der Waals surface area contributed by atoms with Crippen LogP contribution in [0.2, 0.25) is 0 Å². The molecule has 0 radical (unpaired) electrons. The maximum Gasteiger partial charge on any atom is 0.236 e. The summed E-state index contributed by atoms with van der Waals surface area (Å²) in [6.07, 6.45) is 0. The molecule has 0 fully saturated rings. The van der Waals surface area contributed by atoms with E-state index in [9.17, 15) is 4.79 Å². The summed E-state index contributed by atoms with van der Waals surface area (Å²) in [5, 5.41) is 2.87. The second kappa shape index (κ2) is 6.40. The highest BCUT2D eigenvalue weighted by Gasteiger charge is 2.12. The quantitative estimate of drug-likeness (QED) is 0.861. The molecule has 0 aliphatic rings. The van der Waals surface area contributed by atoms with E-state index in [0.717, 1.165) is 16.9 Å². The van der Waals surface area contributed by atoms with E-state index in [2.05, 4.69) is 12.2 Å². The molecule has 1 N–H and O–H groups in total. The average molecular weight is 250 g/mol. The second-order valence-electron chi connectivity index (χ2n) is 4.46. The van der Waals surface area contributed by atoms with Gasteiger partial charge in [-0.05, 0) is 43.7 Å². The minimum absolute atomic E-state index is 0.0883. The first-order valence-electron chi connectivity index (χ1n) is 6.02. The Kier molecular flexibility index (Phi) is 5.16. The van der Waals surface area contributed by atoms with Crippen molar-refractivity contribution in [2.45, 2.75) is 20.4 Å². The highest BCUT2D eigenvalue weighted by atomic mass is 16.5. The van der Waals surface area contributed by atoms with Crippen LogP contribution in [0.4, 0.5) is 0 Å². The topological polar surface area (TPSA) is 41.6 Å². The molecular formula is C14H22N2O2. The maximum atomic E-state index is 11.7. The van der Waals surface area contributed by atoms with E-state index in [1.807, 2.05) is 26.1 Å². The van der Waals surface area contributed by atoms with Gasteiger partial charge in [-0.2, -0.15) is 0 Å².